The number of carbonyl (C=O) groups is 1. The third-order valence-electron chi connectivity index (χ3n) is 5.47. The summed E-state index contributed by atoms with van der Waals surface area (Å²) in [5.41, 5.74) is 3.10. The molecule has 0 bridgehead atoms. The van der Waals surface area contributed by atoms with Gasteiger partial charge in [-0.25, -0.2) is 12.8 Å². The van der Waals surface area contributed by atoms with Gasteiger partial charge in [0.25, 0.3) is 15.9 Å². The molecule has 0 aliphatic rings. The van der Waals surface area contributed by atoms with E-state index < -0.39 is 21.7 Å². The van der Waals surface area contributed by atoms with Gasteiger partial charge in [-0.2, -0.15) is 0 Å². The van der Waals surface area contributed by atoms with Crippen LogP contribution in [0.15, 0.2) is 89.1 Å². The highest BCUT2D eigenvalue weighted by atomic mass is 32.2. The number of nitrogens with zero attached hydrogens (tertiary/aromatic N) is 1. The van der Waals surface area contributed by atoms with Gasteiger partial charge in [0.05, 0.1) is 5.69 Å². The zero-order chi connectivity index (χ0) is 24.3. The predicted molar refractivity (Wildman–Crippen MR) is 136 cm³/mol. The highest BCUT2D eigenvalue weighted by Gasteiger charge is 2.32. The van der Waals surface area contributed by atoms with Crippen molar-refractivity contribution in [2.24, 2.45) is 0 Å². The molecule has 5 nitrogen and oxygen atoms in total. The Morgan fingerprint density at radius 1 is 0.971 bits per heavy atom. The van der Waals surface area contributed by atoms with Gasteiger partial charge in [-0.3, -0.25) is 9.10 Å². The van der Waals surface area contributed by atoms with Crippen molar-refractivity contribution in [1.29, 1.82) is 0 Å². The molecule has 34 heavy (non-hydrogen) atoms. The third-order valence-corrected chi connectivity index (χ3v) is 8.45. The lowest BCUT2D eigenvalue weighted by Gasteiger charge is -2.21. The van der Waals surface area contributed by atoms with Crippen LogP contribution in [0.3, 0.4) is 0 Å². The smallest absolute Gasteiger partial charge is 0.267 e. The van der Waals surface area contributed by atoms with Gasteiger partial charge in [0.2, 0.25) is 0 Å². The van der Waals surface area contributed by atoms with Gasteiger partial charge < -0.3 is 5.32 Å². The quantitative estimate of drug-likeness (QED) is 0.333. The molecule has 0 saturated heterocycles. The zero-order valence-electron chi connectivity index (χ0n) is 18.7. The van der Waals surface area contributed by atoms with Crippen LogP contribution in [0.5, 0.6) is 0 Å². The van der Waals surface area contributed by atoms with Crippen molar-refractivity contribution in [3.8, 4) is 11.1 Å². The van der Waals surface area contributed by atoms with Crippen LogP contribution in [0.1, 0.15) is 22.2 Å². The number of amides is 1. The van der Waals surface area contributed by atoms with Crippen LogP contribution in [0.25, 0.3) is 11.1 Å². The van der Waals surface area contributed by atoms with E-state index in [1.807, 2.05) is 37.3 Å². The summed E-state index contributed by atoms with van der Waals surface area (Å²) >= 11 is 1.07. The first kappa shape index (κ1) is 23.7. The molecule has 1 heterocycles. The van der Waals surface area contributed by atoms with Gasteiger partial charge in [0.15, 0.2) is 0 Å². The lowest BCUT2D eigenvalue weighted by atomic mass is 10.1. The van der Waals surface area contributed by atoms with Gasteiger partial charge in [0, 0.05) is 23.7 Å². The molecule has 0 aliphatic heterocycles. The molecule has 3 aromatic carbocycles. The highest BCUT2D eigenvalue weighted by molar-refractivity contribution is 7.93. The van der Waals surface area contributed by atoms with E-state index in [2.05, 4.69) is 5.32 Å². The fourth-order valence-electron chi connectivity index (χ4n) is 3.52. The summed E-state index contributed by atoms with van der Waals surface area (Å²) in [4.78, 5) is 13.2. The third kappa shape index (κ3) is 4.73. The molecule has 4 aromatic rings. The molecule has 174 valence electrons. The Labute approximate surface area is 202 Å². The average molecular weight is 495 g/mol. The number of aryl methyl sites for hydroxylation is 1. The molecule has 1 N–H and O–H groups in total. The Morgan fingerprint density at radius 2 is 1.62 bits per heavy atom. The minimum Gasteiger partial charge on any atom is -0.321 e. The lowest BCUT2D eigenvalue weighted by Crippen LogP contribution is -2.28. The molecule has 1 aromatic heterocycles. The van der Waals surface area contributed by atoms with E-state index in [4.69, 9.17) is 0 Å². The highest BCUT2D eigenvalue weighted by Crippen LogP contribution is 2.38. The lowest BCUT2D eigenvalue weighted by molar-refractivity contribution is 0.102. The molecule has 8 heteroatoms. The van der Waals surface area contributed by atoms with Gasteiger partial charge in [-0.1, -0.05) is 49.4 Å². The summed E-state index contributed by atoms with van der Waals surface area (Å²) < 4.78 is 42.1. The van der Waals surface area contributed by atoms with Crippen LogP contribution in [-0.2, 0) is 16.4 Å². The van der Waals surface area contributed by atoms with Crippen molar-refractivity contribution in [2.75, 3.05) is 16.7 Å². The summed E-state index contributed by atoms with van der Waals surface area (Å²) in [6.07, 6.45) is 0.873. The van der Waals surface area contributed by atoms with E-state index in [1.165, 1.54) is 31.3 Å². The first-order chi connectivity index (χ1) is 16.3. The number of rotatable bonds is 7. The van der Waals surface area contributed by atoms with Crippen LogP contribution >= 0.6 is 11.3 Å². The number of hydrogen-bond donors (Lipinski definition) is 1. The van der Waals surface area contributed by atoms with Crippen molar-refractivity contribution >= 4 is 38.6 Å². The Kier molecular flexibility index (Phi) is 6.81. The second-order valence-electron chi connectivity index (χ2n) is 7.63. The van der Waals surface area contributed by atoms with Gasteiger partial charge in [-0.05, 0) is 53.9 Å². The SMILES string of the molecule is CCc1ccc(NC(=O)c2scc(-c3ccccc3)c2S(=O)(=O)N(C)c2ccc(F)cc2)cc1. The van der Waals surface area contributed by atoms with Gasteiger partial charge in [0.1, 0.15) is 15.6 Å². The largest absolute Gasteiger partial charge is 0.321 e. The number of thiophene rings is 1. The molecule has 0 fully saturated rings. The number of sulfonamides is 1. The summed E-state index contributed by atoms with van der Waals surface area (Å²) in [7, 11) is -2.77. The van der Waals surface area contributed by atoms with E-state index in [0.29, 0.717) is 16.8 Å². The summed E-state index contributed by atoms with van der Waals surface area (Å²) in [6, 6.07) is 21.6. The molecule has 0 unspecified atom stereocenters. The van der Waals surface area contributed by atoms with Crippen molar-refractivity contribution in [3.63, 3.8) is 0 Å². The van der Waals surface area contributed by atoms with E-state index in [-0.39, 0.29) is 15.5 Å². The predicted octanol–water partition coefficient (Wildman–Crippen LogP) is 6.19. The molecule has 4 rings (SSSR count). The van der Waals surface area contributed by atoms with Gasteiger partial charge in [-0.15, -0.1) is 11.3 Å². The van der Waals surface area contributed by atoms with Crippen molar-refractivity contribution in [2.45, 2.75) is 18.2 Å². The Balaban J connectivity index is 1.79. The van der Waals surface area contributed by atoms with Crippen LogP contribution in [0, 0.1) is 5.82 Å². The topological polar surface area (TPSA) is 66.5 Å². The zero-order valence-corrected chi connectivity index (χ0v) is 20.3. The monoisotopic (exact) mass is 494 g/mol. The fourth-order valence-corrected chi connectivity index (χ4v) is 6.37. The first-order valence-corrected chi connectivity index (χ1v) is 12.9. The van der Waals surface area contributed by atoms with Crippen molar-refractivity contribution in [1.82, 2.24) is 0 Å². The molecule has 0 aliphatic carbocycles. The number of halogens is 1. The normalized spacial score (nSPS) is 11.3. The Hall–Kier alpha value is -3.49. The van der Waals surface area contributed by atoms with Crippen molar-refractivity contribution < 1.29 is 17.6 Å². The summed E-state index contributed by atoms with van der Waals surface area (Å²) in [5, 5.41) is 4.49. The molecule has 0 radical (unpaired) electrons. The first-order valence-electron chi connectivity index (χ1n) is 10.6. The molecule has 1 amide bonds. The van der Waals surface area contributed by atoms with Gasteiger partial charge >= 0.3 is 0 Å². The molecular formula is C26H23FN2O3S2. The number of hydrogen-bond acceptors (Lipinski definition) is 4. The van der Waals surface area contributed by atoms with E-state index in [9.17, 15) is 17.6 Å². The van der Waals surface area contributed by atoms with E-state index in [0.717, 1.165) is 27.6 Å². The maximum atomic E-state index is 13.8. The Morgan fingerprint density at radius 3 is 2.24 bits per heavy atom. The van der Waals surface area contributed by atoms with Crippen molar-refractivity contribution in [3.05, 3.63) is 101 Å². The van der Waals surface area contributed by atoms with Crippen LogP contribution in [-0.4, -0.2) is 21.4 Å². The van der Waals surface area contributed by atoms with Crippen LogP contribution < -0.4 is 9.62 Å². The summed E-state index contributed by atoms with van der Waals surface area (Å²) in [5.74, 6) is -0.980. The minimum absolute atomic E-state index is 0.0763. The molecular weight excluding hydrogens is 471 g/mol. The minimum atomic E-state index is -4.16. The number of benzene rings is 3. The van der Waals surface area contributed by atoms with Crippen LogP contribution in [0.4, 0.5) is 15.8 Å². The molecule has 0 spiro atoms. The molecule has 0 atom stereocenters. The van der Waals surface area contributed by atoms with E-state index in [1.54, 1.807) is 29.6 Å². The Bertz CT molecular complexity index is 1400. The maximum Gasteiger partial charge on any atom is 0.267 e. The number of anilines is 2. The average Bonchev–Trinajstić information content (AvgIpc) is 3.31. The standard InChI is InChI=1S/C26H23FN2O3S2/c1-3-18-9-13-21(14-10-18)28-26(30)24-25(23(17-33-24)19-7-5-4-6-8-19)34(31,32)29(2)22-15-11-20(27)12-16-22/h4-17H,3H2,1-2H3,(H,28,30). The summed E-state index contributed by atoms with van der Waals surface area (Å²) in [6.45, 7) is 2.04. The fraction of sp³-hybridized carbons (Fsp3) is 0.115. The second kappa shape index (κ2) is 9.79. The molecule has 0 saturated carbocycles. The van der Waals surface area contributed by atoms with Crippen LogP contribution in [0.2, 0.25) is 0 Å². The van der Waals surface area contributed by atoms with E-state index >= 15 is 0 Å². The number of nitrogens with one attached hydrogen (secondary N) is 1. The number of carbonyl (C=O) groups excluding carboxylic acids is 1. The second-order valence-corrected chi connectivity index (χ2v) is 10.4. The maximum absolute atomic E-state index is 13.8.